The minimum absolute atomic E-state index is 0. The molecule has 0 unspecified atom stereocenters. The molecular formula is C12H23ClN4O3. The number of nitrogens with one attached hydrogen (secondary N) is 1. The molecule has 0 aliphatic carbocycles. The van der Waals surface area contributed by atoms with Crippen LogP contribution in [0.3, 0.4) is 0 Å². The van der Waals surface area contributed by atoms with Crippen LogP contribution in [0.4, 0.5) is 0 Å². The van der Waals surface area contributed by atoms with Gasteiger partial charge in [-0.25, -0.2) is 0 Å². The van der Waals surface area contributed by atoms with Crippen molar-refractivity contribution < 1.29 is 14.4 Å². The Balaban J connectivity index is 0.00000361. The molecule has 1 heterocycles. The van der Waals surface area contributed by atoms with Crippen molar-refractivity contribution in [2.75, 3.05) is 53.4 Å². The van der Waals surface area contributed by atoms with Gasteiger partial charge in [0, 0.05) is 39.8 Å². The minimum Gasteiger partial charge on any atom is -0.343 e. The molecule has 1 fully saturated rings. The van der Waals surface area contributed by atoms with Gasteiger partial charge < -0.3 is 20.0 Å². The maximum atomic E-state index is 11.9. The highest BCUT2D eigenvalue weighted by molar-refractivity contribution is 6.35. The van der Waals surface area contributed by atoms with Crippen molar-refractivity contribution in [3.05, 3.63) is 0 Å². The summed E-state index contributed by atoms with van der Waals surface area (Å²) in [5.41, 5.74) is 0. The summed E-state index contributed by atoms with van der Waals surface area (Å²) in [6.07, 6.45) is 0. The lowest BCUT2D eigenvalue weighted by Crippen LogP contribution is -2.56. The molecule has 0 bridgehead atoms. The number of hydrogen-bond donors (Lipinski definition) is 1. The van der Waals surface area contributed by atoms with Crippen LogP contribution >= 0.6 is 12.4 Å². The van der Waals surface area contributed by atoms with Gasteiger partial charge in [0.15, 0.2) is 0 Å². The maximum Gasteiger partial charge on any atom is 0.312 e. The molecule has 0 radical (unpaired) electrons. The monoisotopic (exact) mass is 306 g/mol. The van der Waals surface area contributed by atoms with Crippen molar-refractivity contribution in [1.29, 1.82) is 0 Å². The van der Waals surface area contributed by atoms with Crippen molar-refractivity contribution in [1.82, 2.24) is 20.0 Å². The second-order valence-electron chi connectivity index (χ2n) is 4.53. The van der Waals surface area contributed by atoms with E-state index >= 15 is 0 Å². The first-order valence-electron chi connectivity index (χ1n) is 6.48. The zero-order valence-electron chi connectivity index (χ0n) is 12.2. The molecule has 7 nitrogen and oxygen atoms in total. The van der Waals surface area contributed by atoms with Crippen molar-refractivity contribution >= 4 is 30.1 Å². The van der Waals surface area contributed by atoms with E-state index < -0.39 is 11.8 Å². The first kappa shape index (κ1) is 18.7. The number of halogens is 1. The maximum absolute atomic E-state index is 11.9. The summed E-state index contributed by atoms with van der Waals surface area (Å²) >= 11 is 0. The summed E-state index contributed by atoms with van der Waals surface area (Å²) in [5, 5.41) is 2.95. The summed E-state index contributed by atoms with van der Waals surface area (Å²) < 4.78 is 0. The van der Waals surface area contributed by atoms with Crippen LogP contribution in [0.5, 0.6) is 0 Å². The molecule has 1 saturated heterocycles. The number of carbonyl (C=O) groups is 3. The Bertz CT molecular complexity index is 365. The molecule has 1 aliphatic rings. The van der Waals surface area contributed by atoms with Gasteiger partial charge in [-0.05, 0) is 14.0 Å². The zero-order chi connectivity index (χ0) is 14.4. The molecule has 0 spiro atoms. The first-order valence-corrected chi connectivity index (χ1v) is 6.48. The van der Waals surface area contributed by atoms with Gasteiger partial charge in [0.2, 0.25) is 5.91 Å². The van der Waals surface area contributed by atoms with Crippen LogP contribution in [-0.2, 0) is 14.4 Å². The average molecular weight is 307 g/mol. The van der Waals surface area contributed by atoms with Gasteiger partial charge in [-0.3, -0.25) is 14.4 Å². The van der Waals surface area contributed by atoms with Crippen LogP contribution in [0.25, 0.3) is 0 Å². The second-order valence-corrected chi connectivity index (χ2v) is 4.53. The molecule has 0 aromatic carbocycles. The van der Waals surface area contributed by atoms with Gasteiger partial charge in [0.1, 0.15) is 6.54 Å². The second kappa shape index (κ2) is 8.76. The van der Waals surface area contributed by atoms with Gasteiger partial charge in [0.25, 0.3) is 0 Å². The molecule has 3 amide bonds. The molecule has 8 heteroatoms. The molecular weight excluding hydrogens is 284 g/mol. The Labute approximate surface area is 125 Å². The summed E-state index contributed by atoms with van der Waals surface area (Å²) in [6.45, 7) is 4.51. The number of carbonyl (C=O) groups excluding carboxylic acids is 3. The third-order valence-corrected chi connectivity index (χ3v) is 3.23. The molecule has 1 aliphatic heterocycles. The standard InChI is InChI=1S/C12H22N4O3.ClH/c1-4-15-7-8-16(12(19)11(15)18)9-10(17)14(3)6-5-13-2;/h13H,4-9H2,1-3H3;1H. The van der Waals surface area contributed by atoms with Crippen LogP contribution in [-0.4, -0.2) is 85.8 Å². The van der Waals surface area contributed by atoms with Crippen LogP contribution in [0.2, 0.25) is 0 Å². The van der Waals surface area contributed by atoms with E-state index in [4.69, 9.17) is 0 Å². The molecule has 116 valence electrons. The number of rotatable bonds is 6. The van der Waals surface area contributed by atoms with E-state index in [0.29, 0.717) is 32.7 Å². The largest absolute Gasteiger partial charge is 0.343 e. The number of amides is 3. The summed E-state index contributed by atoms with van der Waals surface area (Å²) in [5.74, 6) is -1.25. The van der Waals surface area contributed by atoms with E-state index in [1.54, 1.807) is 11.9 Å². The Hall–Kier alpha value is -1.34. The van der Waals surface area contributed by atoms with E-state index in [2.05, 4.69) is 5.32 Å². The quantitative estimate of drug-likeness (QED) is 0.624. The number of hydrogen-bond acceptors (Lipinski definition) is 4. The minimum atomic E-state index is -0.580. The van der Waals surface area contributed by atoms with E-state index in [1.807, 2.05) is 14.0 Å². The summed E-state index contributed by atoms with van der Waals surface area (Å²) in [4.78, 5) is 39.8. The predicted molar refractivity (Wildman–Crippen MR) is 77.6 cm³/mol. The van der Waals surface area contributed by atoms with Crippen molar-refractivity contribution in [3.8, 4) is 0 Å². The topological polar surface area (TPSA) is 73.0 Å². The van der Waals surface area contributed by atoms with Gasteiger partial charge in [-0.2, -0.15) is 0 Å². The lowest BCUT2D eigenvalue weighted by molar-refractivity contribution is -0.157. The van der Waals surface area contributed by atoms with Crippen LogP contribution in [0, 0.1) is 0 Å². The Kier molecular flexibility index (Phi) is 8.17. The third-order valence-electron chi connectivity index (χ3n) is 3.23. The van der Waals surface area contributed by atoms with Gasteiger partial charge in [-0.15, -0.1) is 12.4 Å². The molecule has 1 N–H and O–H groups in total. The van der Waals surface area contributed by atoms with E-state index in [0.717, 1.165) is 0 Å². The van der Waals surface area contributed by atoms with Gasteiger partial charge >= 0.3 is 11.8 Å². The van der Waals surface area contributed by atoms with Crippen LogP contribution in [0.15, 0.2) is 0 Å². The van der Waals surface area contributed by atoms with Gasteiger partial charge in [0.05, 0.1) is 0 Å². The predicted octanol–water partition coefficient (Wildman–Crippen LogP) is -1.22. The van der Waals surface area contributed by atoms with Gasteiger partial charge in [-0.1, -0.05) is 0 Å². The highest BCUT2D eigenvalue weighted by Crippen LogP contribution is 2.05. The van der Waals surface area contributed by atoms with E-state index in [-0.39, 0.29) is 24.9 Å². The fourth-order valence-corrected chi connectivity index (χ4v) is 1.86. The average Bonchev–Trinajstić information content (AvgIpc) is 2.41. The fraction of sp³-hybridized carbons (Fsp3) is 0.750. The Morgan fingerprint density at radius 1 is 1.25 bits per heavy atom. The van der Waals surface area contributed by atoms with Crippen molar-refractivity contribution in [3.63, 3.8) is 0 Å². The number of nitrogens with zero attached hydrogens (tertiary/aromatic N) is 3. The first-order chi connectivity index (χ1) is 9.01. The number of likely N-dealkylation sites (N-methyl/N-ethyl adjacent to an activating group) is 3. The van der Waals surface area contributed by atoms with E-state index in [1.165, 1.54) is 9.80 Å². The molecule has 20 heavy (non-hydrogen) atoms. The van der Waals surface area contributed by atoms with Crippen LogP contribution < -0.4 is 5.32 Å². The molecule has 0 saturated carbocycles. The Morgan fingerprint density at radius 2 is 1.80 bits per heavy atom. The SMILES string of the molecule is CCN1CCN(CC(=O)N(C)CCNC)C(=O)C1=O.Cl. The molecule has 1 rings (SSSR count). The number of piperazine rings is 1. The lowest BCUT2D eigenvalue weighted by Gasteiger charge is -2.33. The normalized spacial score (nSPS) is 15.2. The lowest BCUT2D eigenvalue weighted by atomic mass is 10.3. The molecule has 0 aromatic rings. The highest BCUT2D eigenvalue weighted by atomic mass is 35.5. The van der Waals surface area contributed by atoms with E-state index in [9.17, 15) is 14.4 Å². The van der Waals surface area contributed by atoms with Crippen molar-refractivity contribution in [2.45, 2.75) is 6.92 Å². The zero-order valence-corrected chi connectivity index (χ0v) is 13.0. The smallest absolute Gasteiger partial charge is 0.312 e. The summed E-state index contributed by atoms with van der Waals surface area (Å²) in [7, 11) is 3.50. The Morgan fingerprint density at radius 3 is 2.35 bits per heavy atom. The summed E-state index contributed by atoms with van der Waals surface area (Å²) in [6, 6.07) is 0. The van der Waals surface area contributed by atoms with Crippen molar-refractivity contribution in [2.24, 2.45) is 0 Å². The van der Waals surface area contributed by atoms with Crippen LogP contribution in [0.1, 0.15) is 6.92 Å². The fourth-order valence-electron chi connectivity index (χ4n) is 1.86. The molecule has 0 atom stereocenters. The third kappa shape index (κ3) is 4.64. The molecule has 0 aromatic heterocycles. The highest BCUT2D eigenvalue weighted by Gasteiger charge is 2.32.